The van der Waals surface area contributed by atoms with E-state index in [2.05, 4.69) is 49.3 Å². The van der Waals surface area contributed by atoms with Crippen LogP contribution in [-0.2, 0) is 0 Å². The topological polar surface area (TPSA) is 161 Å². The Morgan fingerprint density at radius 2 is 1.02 bits per heavy atom. The van der Waals surface area contributed by atoms with Gasteiger partial charge in [0, 0.05) is 63.9 Å². The van der Waals surface area contributed by atoms with Crippen molar-refractivity contribution in [1.82, 2.24) is 38.7 Å². The van der Waals surface area contributed by atoms with E-state index in [9.17, 15) is 14.0 Å². The lowest BCUT2D eigenvalue weighted by atomic mass is 10.2. The number of carbonyl (C=O) groups is 2. The molecule has 0 atom stereocenters. The first-order valence-electron chi connectivity index (χ1n) is 16.3. The Kier molecular flexibility index (Phi) is 10.9. The van der Waals surface area contributed by atoms with Gasteiger partial charge in [-0.3, -0.25) is 20.2 Å². The Hall–Kier alpha value is -6.97. The summed E-state index contributed by atoms with van der Waals surface area (Å²) in [7, 11) is 0. The summed E-state index contributed by atoms with van der Waals surface area (Å²) in [5.41, 5.74) is 4.51. The summed E-state index contributed by atoms with van der Waals surface area (Å²) in [5, 5.41) is 6.28. The summed E-state index contributed by atoms with van der Waals surface area (Å²) in [5.74, 6) is 1.000. The lowest BCUT2D eigenvalue weighted by Gasteiger charge is -2.06. The second-order valence-corrected chi connectivity index (χ2v) is 12.9. The van der Waals surface area contributed by atoms with Crippen LogP contribution in [0, 0.1) is 12.7 Å². The zero-order chi connectivity index (χ0) is 37.3. The van der Waals surface area contributed by atoms with Crippen LogP contribution in [0.2, 0.25) is 0 Å². The third-order valence-electron chi connectivity index (χ3n) is 7.61. The highest BCUT2D eigenvalue weighted by Gasteiger charge is 2.16. The first kappa shape index (κ1) is 35.4. The SMILES string of the molecule is Cc1nc(-c2ccccc2)ncc1C(=O)Nc1nc(-c2ccccc2)ns1.O=C(Nc1nc(-c2ccccc2)ns1)c1cnc(-c2cccc(F)c2)nc1. The quantitative estimate of drug-likeness (QED) is 0.155. The van der Waals surface area contributed by atoms with E-state index in [1.165, 1.54) is 24.5 Å². The Bertz CT molecular complexity index is 2520. The van der Waals surface area contributed by atoms with Crippen LogP contribution in [-0.4, -0.2) is 50.5 Å². The smallest absolute Gasteiger partial charge is 0.260 e. The summed E-state index contributed by atoms with van der Waals surface area (Å²) in [6.07, 6.45) is 4.32. The van der Waals surface area contributed by atoms with Crippen molar-refractivity contribution in [2.75, 3.05) is 10.6 Å². The molecular weight excluding hydrogens is 724 g/mol. The number of carbonyl (C=O) groups excluding carboxylic acids is 2. The molecule has 54 heavy (non-hydrogen) atoms. The monoisotopic (exact) mass is 750 g/mol. The summed E-state index contributed by atoms with van der Waals surface area (Å²) < 4.78 is 21.8. The summed E-state index contributed by atoms with van der Waals surface area (Å²) >= 11 is 2.23. The van der Waals surface area contributed by atoms with E-state index in [0.29, 0.717) is 50.4 Å². The van der Waals surface area contributed by atoms with Gasteiger partial charge in [-0.25, -0.2) is 24.3 Å². The molecule has 264 valence electrons. The van der Waals surface area contributed by atoms with Gasteiger partial charge in [0.15, 0.2) is 23.3 Å². The van der Waals surface area contributed by atoms with Crippen LogP contribution < -0.4 is 10.6 Å². The first-order valence-corrected chi connectivity index (χ1v) is 17.8. The molecule has 12 nitrogen and oxygen atoms in total. The Morgan fingerprint density at radius 3 is 1.54 bits per heavy atom. The second-order valence-electron chi connectivity index (χ2n) is 11.4. The van der Waals surface area contributed by atoms with Gasteiger partial charge in [0.05, 0.1) is 16.8 Å². The van der Waals surface area contributed by atoms with Crippen molar-refractivity contribution in [3.8, 4) is 45.6 Å². The van der Waals surface area contributed by atoms with E-state index < -0.39 is 5.91 Å². The van der Waals surface area contributed by atoms with Crippen molar-refractivity contribution in [2.45, 2.75) is 6.92 Å². The highest BCUT2D eigenvalue weighted by Crippen LogP contribution is 2.23. The Labute approximate surface area is 316 Å². The third-order valence-corrected chi connectivity index (χ3v) is 8.87. The molecule has 0 aliphatic heterocycles. The predicted molar refractivity (Wildman–Crippen MR) is 206 cm³/mol. The third kappa shape index (κ3) is 8.72. The minimum atomic E-state index is -0.392. The predicted octanol–water partition coefficient (Wildman–Crippen LogP) is 8.28. The number of hydrogen-bond acceptors (Lipinski definition) is 12. The molecule has 0 fully saturated rings. The molecule has 4 heterocycles. The van der Waals surface area contributed by atoms with Crippen molar-refractivity contribution in [1.29, 1.82) is 0 Å². The largest absolute Gasteiger partial charge is 0.296 e. The standard InChI is InChI=1S/C20H15N5OS.C19H12FN5OS/c1-13-16(12-21-17(22-13)14-8-4-2-5-9-14)19(26)24-20-23-18(25-27-20)15-10-6-3-7-11-15;20-15-8-4-7-13(9-15)16-21-10-14(11-22-16)18(26)24-19-23-17(25-27-19)12-5-2-1-3-6-12/h2-12H,1H3,(H,23,24,25,26);1-11H,(H,23,24,25,26). The maximum atomic E-state index is 13.3. The average Bonchev–Trinajstić information content (AvgIpc) is 3.89. The first-order chi connectivity index (χ1) is 26.4. The van der Waals surface area contributed by atoms with Crippen LogP contribution in [0.1, 0.15) is 26.4 Å². The number of nitrogens with one attached hydrogen (secondary N) is 2. The van der Waals surface area contributed by atoms with Crippen LogP contribution in [0.15, 0.2) is 134 Å². The number of hydrogen-bond donors (Lipinski definition) is 2. The van der Waals surface area contributed by atoms with Gasteiger partial charge >= 0.3 is 0 Å². The number of anilines is 2. The summed E-state index contributed by atoms with van der Waals surface area (Å²) in [4.78, 5) is 50.7. The molecule has 2 amide bonds. The molecule has 8 aromatic rings. The fraction of sp³-hybridized carbons (Fsp3) is 0.0256. The van der Waals surface area contributed by atoms with Gasteiger partial charge < -0.3 is 0 Å². The normalized spacial score (nSPS) is 10.6. The van der Waals surface area contributed by atoms with Crippen LogP contribution in [0.25, 0.3) is 45.6 Å². The van der Waals surface area contributed by atoms with Gasteiger partial charge in [-0.05, 0) is 19.1 Å². The minimum Gasteiger partial charge on any atom is -0.296 e. The molecule has 0 aliphatic carbocycles. The highest BCUT2D eigenvalue weighted by atomic mass is 32.1. The Morgan fingerprint density at radius 1 is 0.537 bits per heavy atom. The van der Waals surface area contributed by atoms with Crippen molar-refractivity contribution in [3.63, 3.8) is 0 Å². The summed E-state index contributed by atoms with van der Waals surface area (Å²) in [6.45, 7) is 1.79. The fourth-order valence-corrected chi connectivity index (χ4v) is 6.10. The van der Waals surface area contributed by atoms with Crippen molar-refractivity contribution < 1.29 is 14.0 Å². The van der Waals surface area contributed by atoms with Gasteiger partial charge in [-0.1, -0.05) is 103 Å². The lowest BCUT2D eigenvalue weighted by Crippen LogP contribution is -2.15. The number of rotatable bonds is 8. The molecule has 0 bridgehead atoms. The maximum absolute atomic E-state index is 13.3. The van der Waals surface area contributed by atoms with Gasteiger partial charge in [-0.2, -0.15) is 18.7 Å². The van der Waals surface area contributed by atoms with E-state index in [-0.39, 0.29) is 17.3 Å². The number of aryl methyl sites for hydroxylation is 1. The number of halogens is 1. The molecule has 15 heteroatoms. The molecule has 0 saturated heterocycles. The number of nitrogens with zero attached hydrogens (tertiary/aromatic N) is 8. The van der Waals surface area contributed by atoms with Crippen LogP contribution in [0.3, 0.4) is 0 Å². The van der Waals surface area contributed by atoms with Gasteiger partial charge in [0.25, 0.3) is 11.8 Å². The molecule has 0 aliphatic rings. The Balaban J connectivity index is 0.000000167. The van der Waals surface area contributed by atoms with Gasteiger partial charge in [0.2, 0.25) is 10.3 Å². The van der Waals surface area contributed by atoms with Gasteiger partial charge in [-0.15, -0.1) is 0 Å². The second kappa shape index (κ2) is 16.6. The zero-order valence-electron chi connectivity index (χ0n) is 28.3. The van der Waals surface area contributed by atoms with E-state index in [0.717, 1.165) is 39.8 Å². The average molecular weight is 751 g/mol. The van der Waals surface area contributed by atoms with E-state index in [1.54, 1.807) is 25.3 Å². The molecule has 4 aromatic heterocycles. The molecule has 0 saturated carbocycles. The number of amides is 2. The minimum absolute atomic E-state index is 0.270. The molecule has 8 rings (SSSR count). The molecule has 2 N–H and O–H groups in total. The lowest BCUT2D eigenvalue weighted by molar-refractivity contribution is 0.101. The van der Waals surface area contributed by atoms with Crippen LogP contribution >= 0.6 is 23.1 Å². The van der Waals surface area contributed by atoms with E-state index in [4.69, 9.17) is 0 Å². The maximum Gasteiger partial charge on any atom is 0.260 e. The molecular formula is C39H27FN10O2S2. The van der Waals surface area contributed by atoms with E-state index in [1.807, 2.05) is 91.0 Å². The molecule has 0 unspecified atom stereocenters. The van der Waals surface area contributed by atoms with Crippen molar-refractivity contribution >= 4 is 45.1 Å². The number of aromatic nitrogens is 8. The molecule has 0 spiro atoms. The zero-order valence-corrected chi connectivity index (χ0v) is 29.9. The molecule has 0 radical (unpaired) electrons. The van der Waals surface area contributed by atoms with Gasteiger partial charge in [0.1, 0.15) is 5.82 Å². The number of benzene rings is 4. The van der Waals surface area contributed by atoms with Crippen molar-refractivity contribution in [2.24, 2.45) is 0 Å². The fourth-order valence-electron chi connectivity index (χ4n) is 4.93. The molecule has 4 aromatic carbocycles. The van der Waals surface area contributed by atoms with E-state index >= 15 is 0 Å². The van der Waals surface area contributed by atoms with Crippen molar-refractivity contribution in [3.05, 3.63) is 156 Å². The highest BCUT2D eigenvalue weighted by molar-refractivity contribution is 7.10. The van der Waals surface area contributed by atoms with Crippen LogP contribution in [0.4, 0.5) is 14.7 Å². The summed E-state index contributed by atoms with van der Waals surface area (Å²) in [6, 6.07) is 34.7. The van der Waals surface area contributed by atoms with Crippen LogP contribution in [0.5, 0.6) is 0 Å².